The van der Waals surface area contributed by atoms with E-state index in [0.717, 1.165) is 6.54 Å². The van der Waals surface area contributed by atoms with Crippen molar-refractivity contribution in [2.75, 3.05) is 6.54 Å². The molecule has 2 heteroatoms. The van der Waals surface area contributed by atoms with Crippen LogP contribution in [0.3, 0.4) is 0 Å². The van der Waals surface area contributed by atoms with Gasteiger partial charge in [0.2, 0.25) is 0 Å². The average Bonchev–Trinajstić information content (AvgIpc) is 2.19. The van der Waals surface area contributed by atoms with Gasteiger partial charge in [0.15, 0.2) is 0 Å². The number of benzene rings is 1. The molecule has 0 heterocycles. The summed E-state index contributed by atoms with van der Waals surface area (Å²) in [7, 11) is 0. The number of nitrogens with zero attached hydrogens (tertiary/aromatic N) is 1. The third-order valence-corrected chi connectivity index (χ3v) is 2.26. The second-order valence-corrected chi connectivity index (χ2v) is 3.49. The molecule has 0 aliphatic rings. The first-order valence-corrected chi connectivity index (χ1v) is 4.91. The van der Waals surface area contributed by atoms with Crippen LogP contribution >= 0.6 is 0 Å². The Kier molecular flexibility index (Phi) is 4.15. The summed E-state index contributed by atoms with van der Waals surface area (Å²) in [6.07, 6.45) is 0.566. The smallest absolute Gasteiger partial charge is 0.0635 e. The number of hydrogen-bond acceptors (Lipinski definition) is 2. The lowest BCUT2D eigenvalue weighted by Gasteiger charge is -2.13. The molecule has 2 nitrogen and oxygen atoms in total. The molecule has 0 fully saturated rings. The van der Waals surface area contributed by atoms with Crippen LogP contribution in [-0.2, 0) is 0 Å². The minimum absolute atomic E-state index is 0.323. The standard InChI is InChI=1S/C12H16N2/c1-10-4-6-12(7-5-10)11(2)14-9-3-8-13/h4-7,11,14H,3,9H2,1-2H3/t11-/m1/s1. The van der Waals surface area contributed by atoms with Crippen LogP contribution in [-0.4, -0.2) is 6.54 Å². The first-order chi connectivity index (χ1) is 6.74. The summed E-state index contributed by atoms with van der Waals surface area (Å²) in [6, 6.07) is 10.9. The molecule has 1 N–H and O–H groups in total. The number of nitrogens with one attached hydrogen (secondary N) is 1. The Balaban J connectivity index is 2.48. The highest BCUT2D eigenvalue weighted by Crippen LogP contribution is 2.12. The van der Waals surface area contributed by atoms with Crippen molar-refractivity contribution in [1.82, 2.24) is 5.32 Å². The summed E-state index contributed by atoms with van der Waals surface area (Å²) in [5.74, 6) is 0. The average molecular weight is 188 g/mol. The van der Waals surface area contributed by atoms with E-state index >= 15 is 0 Å². The molecular formula is C12H16N2. The first-order valence-electron chi connectivity index (χ1n) is 4.91. The van der Waals surface area contributed by atoms with Crippen molar-refractivity contribution in [2.24, 2.45) is 0 Å². The molecule has 0 amide bonds. The zero-order chi connectivity index (χ0) is 10.4. The molecule has 74 valence electrons. The number of rotatable bonds is 4. The van der Waals surface area contributed by atoms with E-state index in [9.17, 15) is 0 Å². The van der Waals surface area contributed by atoms with E-state index in [0.29, 0.717) is 12.5 Å². The molecule has 0 unspecified atom stereocenters. The van der Waals surface area contributed by atoms with Crippen LogP contribution in [0.15, 0.2) is 24.3 Å². The summed E-state index contributed by atoms with van der Waals surface area (Å²) in [5, 5.41) is 11.7. The molecule has 0 saturated heterocycles. The van der Waals surface area contributed by atoms with Gasteiger partial charge in [-0.2, -0.15) is 5.26 Å². The quantitative estimate of drug-likeness (QED) is 0.737. The lowest BCUT2D eigenvalue weighted by molar-refractivity contribution is 0.583. The lowest BCUT2D eigenvalue weighted by atomic mass is 10.1. The fourth-order valence-corrected chi connectivity index (χ4v) is 1.32. The normalized spacial score (nSPS) is 12.1. The minimum atomic E-state index is 0.323. The maximum atomic E-state index is 8.40. The molecule has 1 atom stereocenters. The monoisotopic (exact) mass is 188 g/mol. The maximum absolute atomic E-state index is 8.40. The minimum Gasteiger partial charge on any atom is -0.309 e. The van der Waals surface area contributed by atoms with Crippen LogP contribution in [0.1, 0.15) is 30.5 Å². The Morgan fingerprint density at radius 2 is 2.00 bits per heavy atom. The number of hydrogen-bond donors (Lipinski definition) is 1. The fourth-order valence-electron chi connectivity index (χ4n) is 1.32. The van der Waals surface area contributed by atoms with E-state index < -0.39 is 0 Å². The zero-order valence-corrected chi connectivity index (χ0v) is 8.75. The highest BCUT2D eigenvalue weighted by atomic mass is 14.9. The van der Waals surface area contributed by atoms with Gasteiger partial charge in [0, 0.05) is 19.0 Å². The third kappa shape index (κ3) is 3.20. The topological polar surface area (TPSA) is 35.8 Å². The summed E-state index contributed by atoms with van der Waals surface area (Å²) in [5.41, 5.74) is 2.55. The van der Waals surface area contributed by atoms with Gasteiger partial charge in [-0.15, -0.1) is 0 Å². The van der Waals surface area contributed by atoms with Crippen LogP contribution < -0.4 is 5.32 Å². The molecule has 1 aromatic carbocycles. The van der Waals surface area contributed by atoms with E-state index in [2.05, 4.69) is 49.5 Å². The van der Waals surface area contributed by atoms with Gasteiger partial charge in [0.25, 0.3) is 0 Å². The highest BCUT2D eigenvalue weighted by molar-refractivity contribution is 5.23. The molecule has 1 aromatic rings. The van der Waals surface area contributed by atoms with Gasteiger partial charge in [0.1, 0.15) is 0 Å². The van der Waals surface area contributed by atoms with Crippen molar-refractivity contribution in [1.29, 1.82) is 5.26 Å². The predicted octanol–water partition coefficient (Wildman–Crippen LogP) is 2.56. The van der Waals surface area contributed by atoms with Crippen molar-refractivity contribution in [3.63, 3.8) is 0 Å². The third-order valence-electron chi connectivity index (χ3n) is 2.26. The first kappa shape index (κ1) is 10.7. The highest BCUT2D eigenvalue weighted by Gasteiger charge is 2.02. The van der Waals surface area contributed by atoms with E-state index in [1.807, 2.05) is 0 Å². The fraction of sp³-hybridized carbons (Fsp3) is 0.417. The molecule has 0 aliphatic heterocycles. The van der Waals surface area contributed by atoms with Crippen LogP contribution in [0, 0.1) is 18.3 Å². The molecule has 14 heavy (non-hydrogen) atoms. The van der Waals surface area contributed by atoms with Gasteiger partial charge >= 0.3 is 0 Å². The largest absolute Gasteiger partial charge is 0.309 e. The van der Waals surface area contributed by atoms with Gasteiger partial charge in [0.05, 0.1) is 6.07 Å². The Morgan fingerprint density at radius 3 is 2.57 bits per heavy atom. The van der Waals surface area contributed by atoms with Gasteiger partial charge < -0.3 is 5.32 Å². The van der Waals surface area contributed by atoms with E-state index in [1.165, 1.54) is 11.1 Å². The molecule has 0 bridgehead atoms. The second-order valence-electron chi connectivity index (χ2n) is 3.49. The van der Waals surface area contributed by atoms with Gasteiger partial charge in [-0.25, -0.2) is 0 Å². The van der Waals surface area contributed by atoms with Crippen molar-refractivity contribution in [3.8, 4) is 6.07 Å². The summed E-state index contributed by atoms with van der Waals surface area (Å²) >= 11 is 0. The van der Waals surface area contributed by atoms with Crippen LogP contribution in [0.5, 0.6) is 0 Å². The van der Waals surface area contributed by atoms with Crippen molar-refractivity contribution >= 4 is 0 Å². The molecule has 0 radical (unpaired) electrons. The SMILES string of the molecule is Cc1ccc([C@@H](C)NCCC#N)cc1. The van der Waals surface area contributed by atoms with Crippen molar-refractivity contribution in [2.45, 2.75) is 26.3 Å². The molecule has 0 aliphatic carbocycles. The van der Waals surface area contributed by atoms with Gasteiger partial charge in [-0.3, -0.25) is 0 Å². The number of aryl methyl sites for hydroxylation is 1. The summed E-state index contributed by atoms with van der Waals surface area (Å²) in [6.45, 7) is 4.95. The molecular weight excluding hydrogens is 172 g/mol. The van der Waals surface area contributed by atoms with Gasteiger partial charge in [-0.05, 0) is 19.4 Å². The Bertz CT molecular complexity index is 308. The van der Waals surface area contributed by atoms with E-state index in [1.54, 1.807) is 0 Å². The number of nitriles is 1. The van der Waals surface area contributed by atoms with Crippen molar-refractivity contribution < 1.29 is 0 Å². The Labute approximate surface area is 85.6 Å². The van der Waals surface area contributed by atoms with Crippen LogP contribution in [0.25, 0.3) is 0 Å². The maximum Gasteiger partial charge on any atom is 0.0635 e. The van der Waals surface area contributed by atoms with Crippen molar-refractivity contribution in [3.05, 3.63) is 35.4 Å². The van der Waals surface area contributed by atoms with E-state index in [4.69, 9.17) is 5.26 Å². The second kappa shape index (κ2) is 5.41. The van der Waals surface area contributed by atoms with Crippen LogP contribution in [0.2, 0.25) is 0 Å². The molecule has 1 rings (SSSR count). The molecule has 0 aromatic heterocycles. The summed E-state index contributed by atoms with van der Waals surface area (Å²) < 4.78 is 0. The predicted molar refractivity (Wildman–Crippen MR) is 57.8 cm³/mol. The Hall–Kier alpha value is -1.33. The summed E-state index contributed by atoms with van der Waals surface area (Å²) in [4.78, 5) is 0. The van der Waals surface area contributed by atoms with E-state index in [-0.39, 0.29) is 0 Å². The zero-order valence-electron chi connectivity index (χ0n) is 8.75. The van der Waals surface area contributed by atoms with Crippen LogP contribution in [0.4, 0.5) is 0 Å². The molecule has 0 saturated carbocycles. The lowest BCUT2D eigenvalue weighted by Crippen LogP contribution is -2.19. The molecule has 0 spiro atoms. The Morgan fingerprint density at radius 1 is 1.36 bits per heavy atom. The van der Waals surface area contributed by atoms with Gasteiger partial charge in [-0.1, -0.05) is 29.8 Å².